The summed E-state index contributed by atoms with van der Waals surface area (Å²) in [6, 6.07) is 9.54. The summed E-state index contributed by atoms with van der Waals surface area (Å²) in [5.41, 5.74) is 3.77. The second-order valence-corrected chi connectivity index (χ2v) is 7.73. The Hall–Kier alpha value is -3.73. The highest BCUT2D eigenvalue weighted by Gasteiger charge is 2.33. The maximum absolute atomic E-state index is 14.3. The van der Waals surface area contributed by atoms with E-state index in [2.05, 4.69) is 4.98 Å². The van der Waals surface area contributed by atoms with Gasteiger partial charge in [0.25, 0.3) is 11.8 Å². The molecule has 0 spiro atoms. The molecular weight excluding hydrogens is 463 g/mol. The monoisotopic (exact) mass is 482 g/mol. The molecular formula is C23H19F5N2O4. The number of hydrogen-bond donors (Lipinski definition) is 2. The van der Waals surface area contributed by atoms with Crippen molar-refractivity contribution in [2.75, 3.05) is 0 Å². The van der Waals surface area contributed by atoms with E-state index in [1.54, 1.807) is 24.3 Å². The summed E-state index contributed by atoms with van der Waals surface area (Å²) < 4.78 is 79.2. The summed E-state index contributed by atoms with van der Waals surface area (Å²) in [6.45, 7) is 2.38. The molecule has 1 heterocycles. The summed E-state index contributed by atoms with van der Waals surface area (Å²) in [4.78, 5) is 14.7. The van der Waals surface area contributed by atoms with Crippen LogP contribution in [-0.4, -0.2) is 21.7 Å². The number of carboxylic acids is 1. The van der Waals surface area contributed by atoms with Crippen LogP contribution in [0.3, 0.4) is 0 Å². The highest BCUT2D eigenvalue weighted by atomic mass is 19.4. The van der Waals surface area contributed by atoms with E-state index < -0.39 is 52.5 Å². The largest absolute Gasteiger partial charge is 0.478 e. The fourth-order valence-corrected chi connectivity index (χ4v) is 2.84. The number of carboxylic acid groups (broad SMARTS) is 1. The Labute approximate surface area is 190 Å². The Morgan fingerprint density at radius 3 is 2.29 bits per heavy atom. The molecule has 180 valence electrons. The van der Waals surface area contributed by atoms with Gasteiger partial charge in [0.2, 0.25) is 5.60 Å². The molecule has 0 aliphatic rings. The van der Waals surface area contributed by atoms with Crippen molar-refractivity contribution in [2.24, 2.45) is 5.73 Å². The van der Waals surface area contributed by atoms with Crippen LogP contribution in [0.15, 0.2) is 48.5 Å². The fourth-order valence-electron chi connectivity index (χ4n) is 2.84. The molecule has 0 unspecified atom stereocenters. The predicted octanol–water partition coefficient (Wildman–Crippen LogP) is 5.54. The van der Waals surface area contributed by atoms with E-state index in [1.807, 2.05) is 0 Å². The Bertz CT molecular complexity index is 1230. The van der Waals surface area contributed by atoms with Crippen molar-refractivity contribution in [3.8, 4) is 28.6 Å². The number of rotatable bonds is 7. The highest BCUT2D eigenvalue weighted by molar-refractivity contribution is 5.76. The molecule has 0 amide bonds. The van der Waals surface area contributed by atoms with E-state index in [1.165, 1.54) is 6.07 Å². The summed E-state index contributed by atoms with van der Waals surface area (Å²) >= 11 is 0. The molecule has 0 aliphatic heterocycles. The molecule has 3 aromatic rings. The van der Waals surface area contributed by atoms with Crippen LogP contribution < -0.4 is 15.2 Å². The molecule has 3 N–H and O–H groups in total. The molecule has 0 saturated carbocycles. The minimum atomic E-state index is -4.76. The number of ether oxygens (including phenoxy) is 2. The van der Waals surface area contributed by atoms with Crippen LogP contribution in [0.5, 0.6) is 17.5 Å². The molecule has 11 heteroatoms. The second-order valence-electron chi connectivity index (χ2n) is 7.73. The van der Waals surface area contributed by atoms with Gasteiger partial charge in [-0.15, -0.1) is 0 Å². The van der Waals surface area contributed by atoms with E-state index in [0.29, 0.717) is 23.3 Å². The maximum atomic E-state index is 14.3. The zero-order chi connectivity index (χ0) is 25.3. The Kier molecular flexibility index (Phi) is 6.78. The van der Waals surface area contributed by atoms with Gasteiger partial charge in [0.05, 0.1) is 5.56 Å². The van der Waals surface area contributed by atoms with Crippen LogP contribution >= 0.6 is 0 Å². The van der Waals surface area contributed by atoms with Crippen molar-refractivity contribution < 1.29 is 41.3 Å². The van der Waals surface area contributed by atoms with Crippen LogP contribution in [0, 0.1) is 11.6 Å². The molecule has 0 bridgehead atoms. The van der Waals surface area contributed by atoms with Crippen LogP contribution in [0.2, 0.25) is 0 Å². The number of carbonyl (C=O) groups is 1. The molecule has 34 heavy (non-hydrogen) atoms. The van der Waals surface area contributed by atoms with Gasteiger partial charge in [0, 0.05) is 12.6 Å². The Morgan fingerprint density at radius 1 is 1.00 bits per heavy atom. The summed E-state index contributed by atoms with van der Waals surface area (Å²) in [5, 5.41) is 9.14. The van der Waals surface area contributed by atoms with Gasteiger partial charge in [-0.2, -0.15) is 18.2 Å². The molecule has 0 saturated heterocycles. The molecule has 0 fully saturated rings. The van der Waals surface area contributed by atoms with Crippen LogP contribution in [0.25, 0.3) is 11.1 Å². The maximum Gasteiger partial charge on any atom is 0.416 e. The topological polar surface area (TPSA) is 94.7 Å². The third-order valence-corrected chi connectivity index (χ3v) is 4.68. The third-order valence-electron chi connectivity index (χ3n) is 4.68. The molecule has 2 aromatic carbocycles. The molecule has 6 nitrogen and oxygen atoms in total. The van der Waals surface area contributed by atoms with Crippen LogP contribution in [0.4, 0.5) is 22.0 Å². The average molecular weight is 482 g/mol. The molecule has 1 aromatic heterocycles. The first-order chi connectivity index (χ1) is 15.8. The van der Waals surface area contributed by atoms with Crippen LogP contribution in [0.1, 0.15) is 25.0 Å². The zero-order valence-corrected chi connectivity index (χ0v) is 17.9. The quantitative estimate of drug-likeness (QED) is 0.430. The molecule has 0 aliphatic carbocycles. The van der Waals surface area contributed by atoms with Gasteiger partial charge >= 0.3 is 12.1 Å². The average Bonchev–Trinajstić information content (AvgIpc) is 2.76. The predicted molar refractivity (Wildman–Crippen MR) is 111 cm³/mol. The fraction of sp³-hybridized carbons (Fsp3) is 0.217. The van der Waals surface area contributed by atoms with E-state index >= 15 is 0 Å². The van der Waals surface area contributed by atoms with Crippen molar-refractivity contribution in [1.29, 1.82) is 0 Å². The van der Waals surface area contributed by atoms with Crippen molar-refractivity contribution in [2.45, 2.75) is 32.2 Å². The minimum Gasteiger partial charge on any atom is -0.478 e. The van der Waals surface area contributed by atoms with Gasteiger partial charge in [0.15, 0.2) is 11.6 Å². The van der Waals surface area contributed by atoms with Crippen LogP contribution in [-0.2, 0) is 17.5 Å². The Morgan fingerprint density at radius 2 is 1.68 bits per heavy atom. The number of pyridine rings is 1. The molecule has 0 atom stereocenters. The summed E-state index contributed by atoms with van der Waals surface area (Å²) in [6.07, 6.45) is -4.76. The number of nitrogens with two attached hydrogens (primary N) is 1. The Balaban J connectivity index is 2.06. The SMILES string of the molecule is CC(C)(Oc1nc(Oc2cc(-c3cccc(CN)c3)cc(C(F)(F)F)c2)c(F)cc1F)C(=O)O. The van der Waals surface area contributed by atoms with Gasteiger partial charge in [-0.1, -0.05) is 18.2 Å². The van der Waals surface area contributed by atoms with Gasteiger partial charge in [-0.05, 0) is 54.8 Å². The van der Waals surface area contributed by atoms with E-state index in [0.717, 1.165) is 19.9 Å². The number of benzene rings is 2. The summed E-state index contributed by atoms with van der Waals surface area (Å²) in [5.74, 6) is -6.35. The van der Waals surface area contributed by atoms with Gasteiger partial charge in [0.1, 0.15) is 5.75 Å². The minimum absolute atomic E-state index is 0.103. The van der Waals surface area contributed by atoms with Gasteiger partial charge in [-0.3, -0.25) is 0 Å². The van der Waals surface area contributed by atoms with Crippen molar-refractivity contribution in [3.05, 3.63) is 71.3 Å². The smallest absolute Gasteiger partial charge is 0.416 e. The summed E-state index contributed by atoms with van der Waals surface area (Å²) in [7, 11) is 0. The number of aliphatic carboxylic acids is 1. The lowest BCUT2D eigenvalue weighted by molar-refractivity contribution is -0.152. The number of aromatic nitrogens is 1. The number of nitrogens with zero attached hydrogens (tertiary/aromatic N) is 1. The number of halogens is 5. The first-order valence-electron chi connectivity index (χ1n) is 9.78. The highest BCUT2D eigenvalue weighted by Crippen LogP contribution is 2.38. The number of alkyl halides is 3. The van der Waals surface area contributed by atoms with E-state index in [9.17, 15) is 26.7 Å². The molecule has 0 radical (unpaired) electrons. The normalized spacial score (nSPS) is 11.9. The van der Waals surface area contributed by atoms with E-state index in [-0.39, 0.29) is 12.1 Å². The number of hydrogen-bond acceptors (Lipinski definition) is 5. The van der Waals surface area contributed by atoms with Crippen molar-refractivity contribution in [3.63, 3.8) is 0 Å². The van der Waals surface area contributed by atoms with E-state index in [4.69, 9.17) is 20.3 Å². The van der Waals surface area contributed by atoms with Gasteiger partial charge < -0.3 is 20.3 Å². The van der Waals surface area contributed by atoms with Crippen molar-refractivity contribution in [1.82, 2.24) is 4.98 Å². The lowest BCUT2D eigenvalue weighted by Crippen LogP contribution is -2.38. The lowest BCUT2D eigenvalue weighted by atomic mass is 10.0. The third kappa shape index (κ3) is 5.60. The first kappa shape index (κ1) is 24.9. The lowest BCUT2D eigenvalue weighted by Gasteiger charge is -2.21. The zero-order valence-electron chi connectivity index (χ0n) is 17.9. The first-order valence-corrected chi connectivity index (χ1v) is 9.78. The molecule has 3 rings (SSSR count). The van der Waals surface area contributed by atoms with Gasteiger partial charge in [-0.25, -0.2) is 13.6 Å². The second kappa shape index (κ2) is 9.26. The van der Waals surface area contributed by atoms with Crippen molar-refractivity contribution >= 4 is 5.97 Å². The standard InChI is InChI=1S/C23H19F5N2O4/c1-22(2,21(31)32)34-20-18(25)10-17(24)19(30-20)33-16-8-14(7-15(9-16)23(26,27)28)13-5-3-4-12(6-13)11-29/h3-10H,11,29H2,1-2H3,(H,31,32).